The molecule has 1 aliphatic carbocycles. The van der Waals surface area contributed by atoms with Crippen molar-refractivity contribution in [2.75, 3.05) is 11.9 Å². The molecule has 1 N–H and O–H groups in total. The first-order chi connectivity index (χ1) is 9.64. The zero-order chi connectivity index (χ0) is 15.7. The first-order valence-corrected chi connectivity index (χ1v) is 8.28. The van der Waals surface area contributed by atoms with E-state index in [9.17, 15) is 21.6 Å². The molecule has 0 unspecified atom stereocenters. The molecule has 0 aliphatic heterocycles. The van der Waals surface area contributed by atoms with Gasteiger partial charge in [-0.15, -0.1) is 0 Å². The molecule has 0 saturated heterocycles. The summed E-state index contributed by atoms with van der Waals surface area (Å²) in [6, 6.07) is 4.72. The monoisotopic (exact) mass is 321 g/mol. The number of nitrogens with one attached hydrogen (secondary N) is 1. The van der Waals surface area contributed by atoms with Gasteiger partial charge < -0.3 is 5.32 Å². The lowest BCUT2D eigenvalue weighted by atomic mass is 9.89. The number of anilines is 1. The van der Waals surface area contributed by atoms with E-state index in [1.165, 1.54) is 25.0 Å². The Labute approximate surface area is 122 Å². The largest absolute Gasteiger partial charge is 0.501 e. The van der Waals surface area contributed by atoms with Gasteiger partial charge in [0.25, 0.3) is 9.84 Å². The van der Waals surface area contributed by atoms with Gasteiger partial charge >= 0.3 is 5.51 Å². The van der Waals surface area contributed by atoms with E-state index in [1.807, 2.05) is 0 Å². The van der Waals surface area contributed by atoms with Gasteiger partial charge in [0.1, 0.15) is 0 Å². The third-order valence-corrected chi connectivity index (χ3v) is 5.50. The van der Waals surface area contributed by atoms with Gasteiger partial charge in [-0.05, 0) is 42.5 Å². The molecule has 0 bridgehead atoms. The molecule has 0 heterocycles. The van der Waals surface area contributed by atoms with Crippen LogP contribution in [0.3, 0.4) is 0 Å². The van der Waals surface area contributed by atoms with E-state index in [0.29, 0.717) is 5.69 Å². The molecule has 0 atom stereocenters. The summed E-state index contributed by atoms with van der Waals surface area (Å²) < 4.78 is 59.7. The van der Waals surface area contributed by atoms with Crippen LogP contribution in [-0.2, 0) is 9.84 Å². The Balaban J connectivity index is 2.06. The molecular formula is C14H18F3NO2S. The van der Waals surface area contributed by atoms with Crippen LogP contribution in [0, 0.1) is 5.41 Å². The van der Waals surface area contributed by atoms with E-state index in [0.717, 1.165) is 31.5 Å². The smallest absolute Gasteiger partial charge is 0.384 e. The third kappa shape index (κ3) is 3.51. The highest BCUT2D eigenvalue weighted by molar-refractivity contribution is 7.92. The van der Waals surface area contributed by atoms with Crippen molar-refractivity contribution in [1.82, 2.24) is 0 Å². The zero-order valence-corrected chi connectivity index (χ0v) is 12.5. The molecule has 3 nitrogen and oxygen atoms in total. The normalized spacial score (nSPS) is 18.7. The van der Waals surface area contributed by atoms with Gasteiger partial charge in [-0.3, -0.25) is 0 Å². The number of hydrogen-bond acceptors (Lipinski definition) is 3. The topological polar surface area (TPSA) is 46.2 Å². The van der Waals surface area contributed by atoms with Crippen molar-refractivity contribution in [3.8, 4) is 0 Å². The summed E-state index contributed by atoms with van der Waals surface area (Å²) in [4.78, 5) is -0.729. The van der Waals surface area contributed by atoms with E-state index in [-0.39, 0.29) is 5.41 Å². The van der Waals surface area contributed by atoms with Crippen LogP contribution in [-0.4, -0.2) is 20.5 Å². The summed E-state index contributed by atoms with van der Waals surface area (Å²) in [6.07, 6.45) is 4.64. The van der Waals surface area contributed by atoms with Gasteiger partial charge in [0.15, 0.2) is 0 Å². The average molecular weight is 321 g/mol. The lowest BCUT2D eigenvalue weighted by molar-refractivity contribution is -0.0436. The summed E-state index contributed by atoms with van der Waals surface area (Å²) in [7, 11) is -5.26. The summed E-state index contributed by atoms with van der Waals surface area (Å²) in [5, 5.41) is 3.17. The average Bonchev–Trinajstić information content (AvgIpc) is 2.83. The van der Waals surface area contributed by atoms with Crippen LogP contribution in [0.25, 0.3) is 0 Å². The maximum atomic E-state index is 12.4. The van der Waals surface area contributed by atoms with Crippen LogP contribution in [0.4, 0.5) is 18.9 Å². The molecule has 0 amide bonds. The van der Waals surface area contributed by atoms with E-state index >= 15 is 0 Å². The molecule has 0 spiro atoms. The molecule has 0 aromatic heterocycles. The second-order valence-corrected chi connectivity index (χ2v) is 7.79. The molecule has 1 aromatic carbocycles. The molecule has 1 saturated carbocycles. The van der Waals surface area contributed by atoms with Crippen LogP contribution in [0.2, 0.25) is 0 Å². The molecule has 1 aliphatic rings. The van der Waals surface area contributed by atoms with Gasteiger partial charge in [-0.25, -0.2) is 8.42 Å². The van der Waals surface area contributed by atoms with Gasteiger partial charge in [0.05, 0.1) is 4.90 Å². The lowest BCUT2D eigenvalue weighted by Gasteiger charge is -2.24. The molecule has 1 aromatic rings. The second kappa shape index (κ2) is 5.51. The number of alkyl halides is 3. The highest BCUT2D eigenvalue weighted by Crippen LogP contribution is 2.37. The maximum Gasteiger partial charge on any atom is 0.501 e. The van der Waals surface area contributed by atoms with Gasteiger partial charge in [-0.1, -0.05) is 19.8 Å². The minimum absolute atomic E-state index is 0.205. The van der Waals surface area contributed by atoms with Crippen molar-refractivity contribution in [1.29, 1.82) is 0 Å². The highest BCUT2D eigenvalue weighted by Gasteiger charge is 2.46. The lowest BCUT2D eigenvalue weighted by Crippen LogP contribution is -2.24. The molecule has 1 fully saturated rings. The Bertz CT molecular complexity index is 588. The fourth-order valence-electron chi connectivity index (χ4n) is 2.61. The molecular weight excluding hydrogens is 303 g/mol. The van der Waals surface area contributed by atoms with Crippen molar-refractivity contribution in [3.05, 3.63) is 24.3 Å². The van der Waals surface area contributed by atoms with Crippen LogP contribution in [0.5, 0.6) is 0 Å². The van der Waals surface area contributed by atoms with Crippen molar-refractivity contribution in [3.63, 3.8) is 0 Å². The van der Waals surface area contributed by atoms with Crippen molar-refractivity contribution in [2.24, 2.45) is 5.41 Å². The van der Waals surface area contributed by atoms with Crippen LogP contribution < -0.4 is 5.32 Å². The van der Waals surface area contributed by atoms with Crippen LogP contribution in [0.15, 0.2) is 29.2 Å². The number of rotatable bonds is 4. The van der Waals surface area contributed by atoms with E-state index < -0.39 is 20.2 Å². The summed E-state index contributed by atoms with van der Waals surface area (Å²) >= 11 is 0. The van der Waals surface area contributed by atoms with Gasteiger partial charge in [0.2, 0.25) is 0 Å². The SMILES string of the molecule is CC1(CNc2ccc(S(=O)(=O)C(F)(F)F)cc2)CCCC1. The Morgan fingerprint density at radius 3 is 2.14 bits per heavy atom. The van der Waals surface area contributed by atoms with E-state index in [4.69, 9.17) is 0 Å². The predicted octanol–water partition coefficient (Wildman–Crippen LogP) is 3.97. The first kappa shape index (κ1) is 16.1. The first-order valence-electron chi connectivity index (χ1n) is 6.79. The minimum atomic E-state index is -5.26. The molecule has 118 valence electrons. The number of halogens is 3. The highest BCUT2D eigenvalue weighted by atomic mass is 32.2. The number of benzene rings is 1. The van der Waals surface area contributed by atoms with Crippen molar-refractivity contribution < 1.29 is 21.6 Å². The van der Waals surface area contributed by atoms with Gasteiger partial charge in [-0.2, -0.15) is 13.2 Å². The van der Waals surface area contributed by atoms with E-state index in [1.54, 1.807) is 0 Å². The van der Waals surface area contributed by atoms with Crippen molar-refractivity contribution >= 4 is 15.5 Å². The Hall–Kier alpha value is -1.24. The van der Waals surface area contributed by atoms with Crippen LogP contribution in [0.1, 0.15) is 32.6 Å². The predicted molar refractivity (Wildman–Crippen MR) is 74.7 cm³/mol. The Morgan fingerprint density at radius 2 is 1.67 bits per heavy atom. The molecule has 0 radical (unpaired) electrons. The van der Waals surface area contributed by atoms with Crippen LogP contribution >= 0.6 is 0 Å². The summed E-state index contributed by atoms with van der Waals surface area (Å²) in [6.45, 7) is 2.91. The zero-order valence-electron chi connectivity index (χ0n) is 11.7. The fourth-order valence-corrected chi connectivity index (χ4v) is 3.37. The Morgan fingerprint density at radius 1 is 1.14 bits per heavy atom. The molecule has 2 rings (SSSR count). The number of sulfone groups is 1. The van der Waals surface area contributed by atoms with E-state index in [2.05, 4.69) is 12.2 Å². The van der Waals surface area contributed by atoms with Gasteiger partial charge in [0, 0.05) is 12.2 Å². The number of hydrogen-bond donors (Lipinski definition) is 1. The molecule has 21 heavy (non-hydrogen) atoms. The summed E-state index contributed by atoms with van der Waals surface area (Å²) in [5.74, 6) is 0. The second-order valence-electron chi connectivity index (χ2n) is 5.84. The molecule has 7 heteroatoms. The standard InChI is InChI=1S/C14H18F3NO2S/c1-13(8-2-3-9-13)10-18-11-4-6-12(7-5-11)21(19,20)14(15,16)17/h4-7,18H,2-3,8-10H2,1H3. The maximum absolute atomic E-state index is 12.4. The summed E-state index contributed by atoms with van der Waals surface area (Å²) in [5.41, 5.74) is -4.43. The third-order valence-electron chi connectivity index (χ3n) is 4.00. The fraction of sp³-hybridized carbons (Fsp3) is 0.571. The quantitative estimate of drug-likeness (QED) is 0.912. The Kier molecular flexibility index (Phi) is 4.24. The van der Waals surface area contributed by atoms with Crippen molar-refractivity contribution in [2.45, 2.75) is 43.0 Å². The minimum Gasteiger partial charge on any atom is -0.384 e.